The highest BCUT2D eigenvalue weighted by molar-refractivity contribution is 5.38. The molecule has 0 bridgehead atoms. The van der Waals surface area contributed by atoms with Gasteiger partial charge in [0.1, 0.15) is 12.4 Å². The zero-order valence-corrected chi connectivity index (χ0v) is 11.5. The van der Waals surface area contributed by atoms with Crippen molar-refractivity contribution in [3.05, 3.63) is 29.3 Å². The summed E-state index contributed by atoms with van der Waals surface area (Å²) in [4.78, 5) is 0. The Labute approximate surface area is 114 Å². The fourth-order valence-electron chi connectivity index (χ4n) is 3.04. The minimum Gasteiger partial charge on any atom is -0.491 e. The molecule has 1 aliphatic heterocycles. The summed E-state index contributed by atoms with van der Waals surface area (Å²) in [5, 5.41) is 10.0. The van der Waals surface area contributed by atoms with Gasteiger partial charge in [0.15, 0.2) is 0 Å². The predicted octanol–water partition coefficient (Wildman–Crippen LogP) is 3.00. The Kier molecular flexibility index (Phi) is 3.76. The van der Waals surface area contributed by atoms with Crippen LogP contribution >= 0.6 is 0 Å². The summed E-state index contributed by atoms with van der Waals surface area (Å²) < 4.78 is 11.6. The van der Waals surface area contributed by atoms with Crippen molar-refractivity contribution in [1.82, 2.24) is 0 Å². The van der Waals surface area contributed by atoms with Gasteiger partial charge in [0.2, 0.25) is 0 Å². The molecule has 3 heteroatoms. The van der Waals surface area contributed by atoms with Crippen molar-refractivity contribution in [3.63, 3.8) is 0 Å². The van der Waals surface area contributed by atoms with Crippen LogP contribution in [0.3, 0.4) is 0 Å². The first-order valence-electron chi connectivity index (χ1n) is 7.31. The summed E-state index contributed by atoms with van der Waals surface area (Å²) >= 11 is 0. The maximum atomic E-state index is 10.0. The fraction of sp³-hybridized carbons (Fsp3) is 0.625. The molecule has 0 amide bonds. The van der Waals surface area contributed by atoms with Gasteiger partial charge in [-0.3, -0.25) is 0 Å². The van der Waals surface area contributed by atoms with E-state index >= 15 is 0 Å². The van der Waals surface area contributed by atoms with Gasteiger partial charge in [-0.05, 0) is 62.3 Å². The minimum absolute atomic E-state index is 0.218. The number of rotatable bonds is 3. The molecule has 0 radical (unpaired) electrons. The minimum atomic E-state index is -0.324. The largest absolute Gasteiger partial charge is 0.491 e. The van der Waals surface area contributed by atoms with E-state index in [0.29, 0.717) is 12.7 Å². The van der Waals surface area contributed by atoms with Crippen LogP contribution < -0.4 is 4.74 Å². The van der Waals surface area contributed by atoms with Crippen LogP contribution in [0.1, 0.15) is 49.8 Å². The van der Waals surface area contributed by atoms with Gasteiger partial charge in [0.05, 0.1) is 18.3 Å². The summed E-state index contributed by atoms with van der Waals surface area (Å²) in [5.41, 5.74) is 2.31. The number of aliphatic hydroxyl groups is 1. The second-order valence-corrected chi connectivity index (χ2v) is 5.73. The van der Waals surface area contributed by atoms with Crippen molar-refractivity contribution in [3.8, 4) is 5.75 Å². The van der Waals surface area contributed by atoms with Crippen molar-refractivity contribution >= 4 is 0 Å². The van der Waals surface area contributed by atoms with Gasteiger partial charge >= 0.3 is 0 Å². The Balaban J connectivity index is 1.63. The van der Waals surface area contributed by atoms with Crippen molar-refractivity contribution < 1.29 is 14.6 Å². The van der Waals surface area contributed by atoms with E-state index in [4.69, 9.17) is 9.47 Å². The number of ether oxygens (including phenoxy) is 2. The van der Waals surface area contributed by atoms with Gasteiger partial charge in [-0.2, -0.15) is 0 Å². The highest BCUT2D eigenvalue weighted by atomic mass is 16.5. The van der Waals surface area contributed by atoms with Crippen LogP contribution in [0.25, 0.3) is 0 Å². The number of fused-ring (bicyclic) bond motifs is 1. The van der Waals surface area contributed by atoms with E-state index in [0.717, 1.165) is 43.4 Å². The van der Waals surface area contributed by atoms with Gasteiger partial charge in [0, 0.05) is 0 Å². The van der Waals surface area contributed by atoms with Gasteiger partial charge in [-0.25, -0.2) is 0 Å². The second-order valence-electron chi connectivity index (χ2n) is 5.73. The van der Waals surface area contributed by atoms with E-state index < -0.39 is 0 Å². The number of hydrogen-bond donors (Lipinski definition) is 1. The highest BCUT2D eigenvalue weighted by Gasteiger charge is 2.23. The van der Waals surface area contributed by atoms with Crippen LogP contribution in [0.15, 0.2) is 18.2 Å². The van der Waals surface area contributed by atoms with E-state index in [1.54, 1.807) is 0 Å². The Morgan fingerprint density at radius 1 is 1.32 bits per heavy atom. The molecule has 1 fully saturated rings. The molecular formula is C16H22O3. The molecule has 1 saturated heterocycles. The number of aliphatic hydroxyl groups excluding tert-OH is 1. The van der Waals surface area contributed by atoms with Crippen LogP contribution in [0.5, 0.6) is 5.75 Å². The number of benzene rings is 1. The van der Waals surface area contributed by atoms with E-state index in [1.807, 2.05) is 12.1 Å². The zero-order valence-electron chi connectivity index (χ0n) is 11.5. The third-order valence-electron chi connectivity index (χ3n) is 4.16. The monoisotopic (exact) mass is 262 g/mol. The molecule has 104 valence electrons. The summed E-state index contributed by atoms with van der Waals surface area (Å²) in [6.07, 6.45) is 5.45. The lowest BCUT2D eigenvalue weighted by Gasteiger charge is -2.22. The van der Waals surface area contributed by atoms with Crippen LogP contribution in [-0.4, -0.2) is 23.9 Å². The molecule has 1 N–H and O–H groups in total. The average molecular weight is 262 g/mol. The van der Waals surface area contributed by atoms with Crippen LogP contribution in [-0.2, 0) is 11.2 Å². The van der Waals surface area contributed by atoms with E-state index in [2.05, 4.69) is 13.0 Å². The van der Waals surface area contributed by atoms with Gasteiger partial charge in [-0.1, -0.05) is 6.07 Å². The molecular weight excluding hydrogens is 240 g/mol. The van der Waals surface area contributed by atoms with Crippen LogP contribution in [0, 0.1) is 0 Å². The molecule has 19 heavy (non-hydrogen) atoms. The summed E-state index contributed by atoms with van der Waals surface area (Å²) in [7, 11) is 0. The van der Waals surface area contributed by atoms with Crippen molar-refractivity contribution in [2.45, 2.75) is 57.3 Å². The molecule has 1 aromatic carbocycles. The lowest BCUT2D eigenvalue weighted by molar-refractivity contribution is 0.0264. The maximum absolute atomic E-state index is 10.0. The lowest BCUT2D eigenvalue weighted by atomic mass is 9.89. The first-order valence-corrected chi connectivity index (χ1v) is 7.31. The van der Waals surface area contributed by atoms with Crippen molar-refractivity contribution in [2.75, 3.05) is 6.61 Å². The Hall–Kier alpha value is -1.06. The van der Waals surface area contributed by atoms with Crippen LogP contribution in [0.2, 0.25) is 0 Å². The van der Waals surface area contributed by atoms with Crippen molar-refractivity contribution in [1.29, 1.82) is 0 Å². The molecule has 1 heterocycles. The van der Waals surface area contributed by atoms with Crippen molar-refractivity contribution in [2.24, 2.45) is 0 Å². The Bertz CT molecular complexity index is 444. The first kappa shape index (κ1) is 12.9. The standard InChI is InChI=1S/C16H22O3/c1-11-5-7-14(19-11)10-18-13-8-6-12-3-2-4-16(17)15(12)9-13/h6,8-9,11,14,16-17H,2-5,7,10H2,1H3. The molecule has 1 aromatic rings. The van der Waals surface area contributed by atoms with E-state index in [1.165, 1.54) is 5.56 Å². The van der Waals surface area contributed by atoms with Crippen LogP contribution in [0.4, 0.5) is 0 Å². The quantitative estimate of drug-likeness (QED) is 0.910. The van der Waals surface area contributed by atoms with Gasteiger partial charge in [0.25, 0.3) is 0 Å². The van der Waals surface area contributed by atoms with Gasteiger partial charge < -0.3 is 14.6 Å². The molecule has 0 aromatic heterocycles. The normalized spacial score (nSPS) is 30.1. The lowest BCUT2D eigenvalue weighted by Crippen LogP contribution is -2.18. The smallest absolute Gasteiger partial charge is 0.119 e. The summed E-state index contributed by atoms with van der Waals surface area (Å²) in [6.45, 7) is 2.72. The number of aryl methyl sites for hydroxylation is 1. The second kappa shape index (κ2) is 5.51. The van der Waals surface area contributed by atoms with E-state index in [-0.39, 0.29) is 12.2 Å². The Morgan fingerprint density at radius 3 is 3.00 bits per heavy atom. The molecule has 3 unspecified atom stereocenters. The fourth-order valence-corrected chi connectivity index (χ4v) is 3.04. The van der Waals surface area contributed by atoms with E-state index in [9.17, 15) is 5.11 Å². The molecule has 3 nitrogen and oxygen atoms in total. The molecule has 0 spiro atoms. The molecule has 2 aliphatic rings. The number of hydrogen-bond acceptors (Lipinski definition) is 3. The molecule has 1 aliphatic carbocycles. The molecule has 0 saturated carbocycles. The third-order valence-corrected chi connectivity index (χ3v) is 4.16. The summed E-state index contributed by atoms with van der Waals surface area (Å²) in [5.74, 6) is 0.850. The highest BCUT2D eigenvalue weighted by Crippen LogP contribution is 2.32. The molecule has 3 rings (SSSR count). The average Bonchev–Trinajstić information content (AvgIpc) is 2.83. The first-order chi connectivity index (χ1) is 9.22. The SMILES string of the molecule is CC1CCC(COc2ccc3c(c2)C(O)CCC3)O1. The summed E-state index contributed by atoms with van der Waals surface area (Å²) in [6, 6.07) is 6.10. The Morgan fingerprint density at radius 2 is 2.21 bits per heavy atom. The maximum Gasteiger partial charge on any atom is 0.119 e. The third kappa shape index (κ3) is 2.93. The zero-order chi connectivity index (χ0) is 13.2. The van der Waals surface area contributed by atoms with Gasteiger partial charge in [-0.15, -0.1) is 0 Å². The predicted molar refractivity (Wildman–Crippen MR) is 73.4 cm³/mol. The molecule has 3 atom stereocenters. The topological polar surface area (TPSA) is 38.7 Å².